The average Bonchev–Trinajstić information content (AvgIpc) is 3.39. The summed E-state index contributed by atoms with van der Waals surface area (Å²) in [6.45, 7) is 13.0. The summed E-state index contributed by atoms with van der Waals surface area (Å²) < 4.78 is 0. The number of piperazine rings is 1. The molecule has 0 aromatic carbocycles. The van der Waals surface area contributed by atoms with Gasteiger partial charge in [0, 0.05) is 37.6 Å². The van der Waals surface area contributed by atoms with Crippen molar-refractivity contribution in [2.75, 3.05) is 26.2 Å². The summed E-state index contributed by atoms with van der Waals surface area (Å²) >= 11 is 0. The number of rotatable bonds is 7. The van der Waals surface area contributed by atoms with E-state index in [4.69, 9.17) is 0 Å². The van der Waals surface area contributed by atoms with Crippen molar-refractivity contribution in [2.45, 2.75) is 84.5 Å². The molecule has 0 spiro atoms. The number of hydrogen-bond donors (Lipinski definition) is 3. The van der Waals surface area contributed by atoms with Gasteiger partial charge in [-0.1, -0.05) is 20.8 Å². The van der Waals surface area contributed by atoms with Crippen LogP contribution in [0.25, 0.3) is 0 Å². The average molecular weight is 422 g/mol. The molecule has 2 aliphatic heterocycles. The highest BCUT2D eigenvalue weighted by Crippen LogP contribution is 2.30. The summed E-state index contributed by atoms with van der Waals surface area (Å²) in [5, 5.41) is 8.88. The predicted molar refractivity (Wildman–Crippen MR) is 116 cm³/mol. The first-order valence-corrected chi connectivity index (χ1v) is 11.4. The number of fused-ring (bicyclic) bond motifs is 1. The van der Waals surface area contributed by atoms with Crippen LogP contribution in [0, 0.1) is 11.3 Å². The zero-order valence-corrected chi connectivity index (χ0v) is 19.2. The van der Waals surface area contributed by atoms with E-state index in [1.807, 2.05) is 18.7 Å². The minimum atomic E-state index is -0.324. The Morgan fingerprint density at radius 2 is 1.87 bits per heavy atom. The third-order valence-corrected chi connectivity index (χ3v) is 6.19. The van der Waals surface area contributed by atoms with Crippen LogP contribution in [-0.2, 0) is 9.59 Å². The van der Waals surface area contributed by atoms with Gasteiger partial charge in [0.15, 0.2) is 0 Å². The van der Waals surface area contributed by atoms with Gasteiger partial charge >= 0.3 is 6.03 Å². The van der Waals surface area contributed by atoms with E-state index in [1.54, 1.807) is 0 Å². The van der Waals surface area contributed by atoms with Gasteiger partial charge in [-0.15, -0.1) is 0 Å². The van der Waals surface area contributed by atoms with E-state index in [2.05, 4.69) is 41.6 Å². The van der Waals surface area contributed by atoms with Crippen LogP contribution in [0.2, 0.25) is 0 Å². The van der Waals surface area contributed by atoms with E-state index in [9.17, 15) is 14.4 Å². The van der Waals surface area contributed by atoms with Crippen molar-refractivity contribution in [1.82, 2.24) is 25.8 Å². The second kappa shape index (κ2) is 9.12. The normalized spacial score (nSPS) is 27.2. The van der Waals surface area contributed by atoms with Crippen molar-refractivity contribution in [2.24, 2.45) is 11.3 Å². The third-order valence-electron chi connectivity index (χ3n) is 6.19. The molecular weight excluding hydrogens is 382 g/mol. The number of nitrogens with zero attached hydrogens (tertiary/aromatic N) is 2. The molecule has 0 radical (unpaired) electrons. The van der Waals surface area contributed by atoms with Crippen molar-refractivity contribution in [3.05, 3.63) is 0 Å². The topological polar surface area (TPSA) is 93.8 Å². The van der Waals surface area contributed by atoms with Crippen LogP contribution in [0.3, 0.4) is 0 Å². The molecule has 3 rings (SSSR count). The predicted octanol–water partition coefficient (Wildman–Crippen LogP) is 1.31. The molecule has 2 heterocycles. The lowest BCUT2D eigenvalue weighted by atomic mass is 9.91. The van der Waals surface area contributed by atoms with E-state index >= 15 is 0 Å². The Bertz CT molecular complexity index is 656. The molecule has 4 amide bonds. The molecule has 3 fully saturated rings. The lowest BCUT2D eigenvalue weighted by Gasteiger charge is -2.43. The van der Waals surface area contributed by atoms with E-state index in [0.29, 0.717) is 13.1 Å². The summed E-state index contributed by atoms with van der Waals surface area (Å²) in [5.41, 5.74) is 0.177. The standard InChI is InChI=1S/C22H39N5O3/c1-14(2)24-21(30)25-16-10-17-13-26(9-8-22(3,4)5)18(20(29)27(17)12-16)11-23-19(28)15-6-7-15/h14-18H,6-13H2,1-5H3,(H,23,28)(H2,24,25,30)/t16-,17-,18-/m0/s1. The number of amides is 4. The first kappa shape index (κ1) is 22.8. The Morgan fingerprint density at radius 1 is 1.17 bits per heavy atom. The molecule has 1 saturated carbocycles. The fraction of sp³-hybridized carbons (Fsp3) is 0.864. The Kier molecular flexibility index (Phi) is 6.95. The first-order chi connectivity index (χ1) is 14.0. The van der Waals surface area contributed by atoms with E-state index in [0.717, 1.165) is 38.8 Å². The van der Waals surface area contributed by atoms with Gasteiger partial charge in [0.2, 0.25) is 11.8 Å². The highest BCUT2D eigenvalue weighted by Gasteiger charge is 2.46. The Labute approximate surface area is 180 Å². The summed E-state index contributed by atoms with van der Waals surface area (Å²) in [4.78, 5) is 41.8. The molecule has 2 saturated heterocycles. The van der Waals surface area contributed by atoms with Gasteiger partial charge in [-0.2, -0.15) is 0 Å². The van der Waals surface area contributed by atoms with Crippen molar-refractivity contribution in [1.29, 1.82) is 0 Å². The molecule has 0 unspecified atom stereocenters. The van der Waals surface area contributed by atoms with Crippen LogP contribution in [0.4, 0.5) is 4.79 Å². The molecule has 0 aromatic heterocycles. The summed E-state index contributed by atoms with van der Waals surface area (Å²) in [6.07, 6.45) is 3.67. The first-order valence-electron chi connectivity index (χ1n) is 11.4. The van der Waals surface area contributed by atoms with E-state index in [-0.39, 0.29) is 53.3 Å². The highest BCUT2D eigenvalue weighted by molar-refractivity contribution is 5.86. The second-order valence-corrected chi connectivity index (χ2v) is 10.7. The lowest BCUT2D eigenvalue weighted by molar-refractivity contribution is -0.144. The fourth-order valence-electron chi connectivity index (χ4n) is 4.33. The summed E-state index contributed by atoms with van der Waals surface area (Å²) in [5.74, 6) is 0.288. The molecule has 3 aliphatic rings. The van der Waals surface area contributed by atoms with Crippen molar-refractivity contribution < 1.29 is 14.4 Å². The SMILES string of the molecule is CC(C)NC(=O)N[C@H]1C[C@H]2CN(CCC(C)(C)C)[C@@H](CNC(=O)C3CC3)C(=O)N2C1. The van der Waals surface area contributed by atoms with Gasteiger partial charge in [0.1, 0.15) is 6.04 Å². The van der Waals surface area contributed by atoms with Gasteiger partial charge in [-0.05, 0) is 51.5 Å². The van der Waals surface area contributed by atoms with Crippen LogP contribution in [0.5, 0.6) is 0 Å². The molecule has 170 valence electrons. The molecule has 0 aromatic rings. The summed E-state index contributed by atoms with van der Waals surface area (Å²) in [6, 6.07) is -0.364. The molecule has 30 heavy (non-hydrogen) atoms. The molecule has 1 aliphatic carbocycles. The van der Waals surface area contributed by atoms with Crippen LogP contribution < -0.4 is 16.0 Å². The van der Waals surface area contributed by atoms with E-state index < -0.39 is 0 Å². The Hall–Kier alpha value is -1.83. The van der Waals surface area contributed by atoms with Crippen molar-refractivity contribution >= 4 is 17.8 Å². The minimum Gasteiger partial charge on any atom is -0.354 e. The van der Waals surface area contributed by atoms with Crippen LogP contribution in [0.1, 0.15) is 60.3 Å². The summed E-state index contributed by atoms with van der Waals surface area (Å²) in [7, 11) is 0. The number of nitrogens with one attached hydrogen (secondary N) is 3. The van der Waals surface area contributed by atoms with Crippen molar-refractivity contribution in [3.63, 3.8) is 0 Å². The van der Waals surface area contributed by atoms with Crippen molar-refractivity contribution in [3.8, 4) is 0 Å². The highest BCUT2D eigenvalue weighted by atomic mass is 16.2. The maximum absolute atomic E-state index is 13.4. The van der Waals surface area contributed by atoms with Gasteiger partial charge in [0.05, 0.1) is 6.04 Å². The third kappa shape index (κ3) is 6.09. The zero-order chi connectivity index (χ0) is 22.1. The second-order valence-electron chi connectivity index (χ2n) is 10.7. The van der Waals surface area contributed by atoms with Crippen LogP contribution in [-0.4, -0.2) is 78.0 Å². The van der Waals surface area contributed by atoms with Gasteiger partial charge in [-0.3, -0.25) is 14.5 Å². The van der Waals surface area contributed by atoms with E-state index in [1.165, 1.54) is 0 Å². The van der Waals surface area contributed by atoms with Gasteiger partial charge in [0.25, 0.3) is 0 Å². The monoisotopic (exact) mass is 421 g/mol. The minimum absolute atomic E-state index is 0.0398. The number of hydrogen-bond acceptors (Lipinski definition) is 4. The number of carbonyl (C=O) groups excluding carboxylic acids is 3. The largest absolute Gasteiger partial charge is 0.354 e. The van der Waals surface area contributed by atoms with Crippen LogP contribution in [0.15, 0.2) is 0 Å². The molecule has 0 bridgehead atoms. The number of carbonyl (C=O) groups is 3. The zero-order valence-electron chi connectivity index (χ0n) is 19.2. The maximum Gasteiger partial charge on any atom is 0.315 e. The fourth-order valence-corrected chi connectivity index (χ4v) is 4.33. The molecule has 8 heteroatoms. The van der Waals surface area contributed by atoms with Gasteiger partial charge in [-0.25, -0.2) is 4.79 Å². The van der Waals surface area contributed by atoms with Gasteiger partial charge < -0.3 is 20.9 Å². The molecule has 8 nitrogen and oxygen atoms in total. The lowest BCUT2D eigenvalue weighted by Crippen LogP contribution is -2.63. The quantitative estimate of drug-likeness (QED) is 0.578. The molecular formula is C22H39N5O3. The number of urea groups is 1. The molecule has 3 atom stereocenters. The smallest absolute Gasteiger partial charge is 0.315 e. The molecule has 3 N–H and O–H groups in total. The Balaban J connectivity index is 1.64. The van der Waals surface area contributed by atoms with Crippen LogP contribution >= 0.6 is 0 Å². The maximum atomic E-state index is 13.4. The Morgan fingerprint density at radius 3 is 2.47 bits per heavy atom.